The number of fused-ring (bicyclic) bond motifs is 2. The van der Waals surface area contributed by atoms with Crippen molar-refractivity contribution in [3.05, 3.63) is 94.5 Å². The van der Waals surface area contributed by atoms with E-state index < -0.39 is 16.0 Å². The van der Waals surface area contributed by atoms with Crippen LogP contribution in [0, 0.1) is 5.82 Å². The number of likely N-dealkylation sites (tertiary alicyclic amines) is 1. The van der Waals surface area contributed by atoms with Crippen molar-refractivity contribution in [2.24, 2.45) is 0 Å². The highest BCUT2D eigenvalue weighted by Crippen LogP contribution is 2.33. The number of rotatable bonds is 12. The Balaban J connectivity index is 1.11. The Hall–Kier alpha value is -3.77. The molecule has 0 radical (unpaired) electrons. The molecule has 45 heavy (non-hydrogen) atoms. The summed E-state index contributed by atoms with van der Waals surface area (Å²) in [5, 5.41) is 15.9. The van der Waals surface area contributed by atoms with Crippen molar-refractivity contribution in [1.82, 2.24) is 19.3 Å². The van der Waals surface area contributed by atoms with E-state index in [-0.39, 0.29) is 29.6 Å². The Kier molecular flexibility index (Phi) is 9.23. The third-order valence-electron chi connectivity index (χ3n) is 8.56. The molecule has 12 heteroatoms. The van der Waals surface area contributed by atoms with Gasteiger partial charge in [0.25, 0.3) is 0 Å². The maximum Gasteiger partial charge on any atom is 0.305 e. The number of hydrogen-bond donors (Lipinski definition) is 2. The van der Waals surface area contributed by atoms with Crippen LogP contribution < -0.4 is 4.72 Å². The lowest BCUT2D eigenvalue weighted by atomic mass is 9.91. The molecule has 0 amide bonds. The number of halogens is 2. The summed E-state index contributed by atoms with van der Waals surface area (Å²) in [6.07, 6.45) is 5.22. The first-order valence-corrected chi connectivity index (χ1v) is 16.9. The van der Waals surface area contributed by atoms with Crippen LogP contribution in [0.15, 0.2) is 76.3 Å². The second kappa shape index (κ2) is 13.3. The smallest absolute Gasteiger partial charge is 0.305 e. The van der Waals surface area contributed by atoms with Crippen LogP contribution >= 0.6 is 11.6 Å². The fraction of sp³-hybridized carbons (Fsp3) is 0.333. The van der Waals surface area contributed by atoms with Gasteiger partial charge in [-0.25, -0.2) is 17.5 Å². The maximum atomic E-state index is 13.6. The van der Waals surface area contributed by atoms with Crippen LogP contribution in [0.5, 0.6) is 0 Å². The highest BCUT2D eigenvalue weighted by atomic mass is 35.5. The first kappa shape index (κ1) is 31.2. The maximum absolute atomic E-state index is 13.6. The summed E-state index contributed by atoms with van der Waals surface area (Å²) in [5.74, 6) is -0.934. The molecule has 0 atom stereocenters. The molecule has 0 spiro atoms. The molecule has 3 aromatic carbocycles. The lowest BCUT2D eigenvalue weighted by Crippen LogP contribution is -2.34. The zero-order chi connectivity index (χ0) is 31.6. The molecular formula is C33H34ClFN4O5S. The fourth-order valence-electron chi connectivity index (χ4n) is 6.13. The van der Waals surface area contributed by atoms with E-state index in [0.29, 0.717) is 23.6 Å². The summed E-state index contributed by atoms with van der Waals surface area (Å²) in [7, 11) is -3.66. The van der Waals surface area contributed by atoms with Crippen molar-refractivity contribution in [3.63, 3.8) is 0 Å². The molecule has 6 rings (SSSR count). The van der Waals surface area contributed by atoms with Gasteiger partial charge in [0.05, 0.1) is 17.0 Å². The summed E-state index contributed by atoms with van der Waals surface area (Å²) >= 11 is 5.89. The topological polar surface area (TPSA) is 118 Å². The van der Waals surface area contributed by atoms with E-state index in [4.69, 9.17) is 16.1 Å². The van der Waals surface area contributed by atoms with E-state index in [0.717, 1.165) is 72.0 Å². The highest BCUT2D eigenvalue weighted by molar-refractivity contribution is 7.89. The van der Waals surface area contributed by atoms with Gasteiger partial charge < -0.3 is 19.1 Å². The number of hydrogen-bond acceptors (Lipinski definition) is 6. The van der Waals surface area contributed by atoms with E-state index in [1.54, 1.807) is 18.2 Å². The van der Waals surface area contributed by atoms with Gasteiger partial charge in [0, 0.05) is 59.1 Å². The Morgan fingerprint density at radius 1 is 1.02 bits per heavy atom. The predicted molar refractivity (Wildman–Crippen MR) is 171 cm³/mol. The van der Waals surface area contributed by atoms with E-state index in [1.165, 1.54) is 24.3 Å². The van der Waals surface area contributed by atoms with Gasteiger partial charge in [0.1, 0.15) is 5.82 Å². The lowest BCUT2D eigenvalue weighted by molar-refractivity contribution is -0.137. The number of carboxylic acids is 1. The zero-order valence-electron chi connectivity index (χ0n) is 24.6. The zero-order valence-corrected chi connectivity index (χ0v) is 26.2. The van der Waals surface area contributed by atoms with Gasteiger partial charge in [-0.2, -0.15) is 0 Å². The number of aromatic nitrogens is 2. The molecule has 2 aromatic heterocycles. The second-order valence-electron chi connectivity index (χ2n) is 11.5. The standard InChI is InChI=1S/C33H34ClFN4O5S/c34-25-2-5-27(6-3-25)45(42,43)36-14-9-22-1-8-30-29(19-22)24(21-39(30)18-13-32(40)41)12-17-38-15-10-23(11-16-38)33-28-7-4-26(35)20-31(28)44-37-33/h1-8,19-21,23,36H,9-18H2,(H,40,41). The number of carboxylic acid groups (broad SMARTS) is 1. The van der Waals surface area contributed by atoms with Crippen LogP contribution in [0.1, 0.15) is 42.0 Å². The molecule has 0 saturated carbocycles. The van der Waals surface area contributed by atoms with Crippen LogP contribution in [0.25, 0.3) is 21.9 Å². The van der Waals surface area contributed by atoms with Crippen LogP contribution in [-0.2, 0) is 34.2 Å². The number of nitrogens with zero attached hydrogens (tertiary/aromatic N) is 3. The van der Waals surface area contributed by atoms with Gasteiger partial charge in [-0.15, -0.1) is 0 Å². The number of nitrogens with one attached hydrogen (secondary N) is 1. The Bertz CT molecular complexity index is 1930. The second-order valence-corrected chi connectivity index (χ2v) is 13.7. The molecule has 1 fully saturated rings. The Morgan fingerprint density at radius 2 is 1.80 bits per heavy atom. The SMILES string of the molecule is O=C(O)CCn1cc(CCN2CCC(c3noc4cc(F)ccc34)CC2)c2cc(CCNS(=O)(=O)c3ccc(Cl)cc3)ccc21. The molecular weight excluding hydrogens is 619 g/mol. The average molecular weight is 653 g/mol. The van der Waals surface area contributed by atoms with Crippen molar-refractivity contribution in [3.8, 4) is 0 Å². The molecule has 5 aromatic rings. The molecule has 236 valence electrons. The molecule has 1 aliphatic rings. The molecule has 0 bridgehead atoms. The first-order valence-electron chi connectivity index (χ1n) is 15.0. The van der Waals surface area contributed by atoms with Crippen molar-refractivity contribution in [2.75, 3.05) is 26.2 Å². The average Bonchev–Trinajstić information content (AvgIpc) is 3.60. The quantitative estimate of drug-likeness (QED) is 0.170. The highest BCUT2D eigenvalue weighted by Gasteiger charge is 2.25. The van der Waals surface area contributed by atoms with Crippen molar-refractivity contribution in [1.29, 1.82) is 0 Å². The Morgan fingerprint density at radius 3 is 2.56 bits per heavy atom. The number of sulfonamides is 1. The summed E-state index contributed by atoms with van der Waals surface area (Å²) in [6, 6.07) is 16.6. The number of carbonyl (C=O) groups is 1. The van der Waals surface area contributed by atoms with E-state index in [9.17, 15) is 22.7 Å². The number of benzene rings is 3. The monoisotopic (exact) mass is 652 g/mol. The fourth-order valence-corrected chi connectivity index (χ4v) is 7.29. The third-order valence-corrected chi connectivity index (χ3v) is 10.3. The normalized spacial score (nSPS) is 14.9. The molecule has 0 aliphatic carbocycles. The van der Waals surface area contributed by atoms with Crippen molar-refractivity contribution in [2.45, 2.75) is 49.5 Å². The van der Waals surface area contributed by atoms with Gasteiger partial charge in [0.2, 0.25) is 10.0 Å². The van der Waals surface area contributed by atoms with Crippen LogP contribution in [-0.4, -0.2) is 60.3 Å². The first-order chi connectivity index (χ1) is 21.7. The van der Waals surface area contributed by atoms with Crippen molar-refractivity contribution >= 4 is 49.5 Å². The van der Waals surface area contributed by atoms with Gasteiger partial charge in [-0.3, -0.25) is 4.79 Å². The van der Waals surface area contributed by atoms with E-state index in [1.807, 2.05) is 22.9 Å². The molecule has 1 saturated heterocycles. The summed E-state index contributed by atoms with van der Waals surface area (Å²) in [5.41, 5.74) is 4.45. The summed E-state index contributed by atoms with van der Waals surface area (Å²) < 4.78 is 49.0. The number of aryl methyl sites for hydroxylation is 1. The predicted octanol–water partition coefficient (Wildman–Crippen LogP) is 5.99. The molecule has 9 nitrogen and oxygen atoms in total. The minimum absolute atomic E-state index is 0.0222. The summed E-state index contributed by atoms with van der Waals surface area (Å²) in [4.78, 5) is 13.9. The Labute approximate surface area is 265 Å². The van der Waals surface area contributed by atoms with Gasteiger partial charge in [0.15, 0.2) is 5.58 Å². The van der Waals surface area contributed by atoms with E-state index >= 15 is 0 Å². The molecule has 0 unspecified atom stereocenters. The molecule has 3 heterocycles. The van der Waals surface area contributed by atoms with Crippen LogP contribution in [0.4, 0.5) is 4.39 Å². The largest absolute Gasteiger partial charge is 0.481 e. The third kappa shape index (κ3) is 7.22. The lowest BCUT2D eigenvalue weighted by Gasteiger charge is -2.31. The number of aliphatic carboxylic acids is 1. The van der Waals surface area contributed by atoms with Crippen LogP contribution in [0.3, 0.4) is 0 Å². The van der Waals surface area contributed by atoms with E-state index in [2.05, 4.69) is 20.8 Å². The van der Waals surface area contributed by atoms with Gasteiger partial charge >= 0.3 is 5.97 Å². The van der Waals surface area contributed by atoms with Crippen LogP contribution in [0.2, 0.25) is 5.02 Å². The molecule has 1 aliphatic heterocycles. The van der Waals surface area contributed by atoms with Gasteiger partial charge in [-0.1, -0.05) is 22.8 Å². The minimum atomic E-state index is -3.66. The van der Waals surface area contributed by atoms with Gasteiger partial charge in [-0.05, 0) is 98.4 Å². The summed E-state index contributed by atoms with van der Waals surface area (Å²) in [6.45, 7) is 3.25. The van der Waals surface area contributed by atoms with Crippen molar-refractivity contribution < 1.29 is 27.2 Å². The minimum Gasteiger partial charge on any atom is -0.481 e. The number of piperidine rings is 1. The molecule has 2 N–H and O–H groups in total.